The highest BCUT2D eigenvalue weighted by Gasteiger charge is 2.19. The van der Waals surface area contributed by atoms with E-state index in [0.717, 1.165) is 0 Å². The number of anilines is 2. The molecule has 2 rings (SSSR count). The van der Waals surface area contributed by atoms with E-state index >= 15 is 0 Å². The van der Waals surface area contributed by atoms with Crippen LogP contribution in [0.3, 0.4) is 0 Å². The molecule has 0 fully saturated rings. The van der Waals surface area contributed by atoms with Crippen LogP contribution < -0.4 is 5.32 Å². The van der Waals surface area contributed by atoms with E-state index in [9.17, 15) is 14.9 Å². The van der Waals surface area contributed by atoms with E-state index in [4.69, 9.17) is 16.7 Å². The third-order valence-corrected chi connectivity index (χ3v) is 2.78. The van der Waals surface area contributed by atoms with Crippen molar-refractivity contribution >= 4 is 34.8 Å². The quantitative estimate of drug-likeness (QED) is 0.663. The number of carboxylic acids is 1. The summed E-state index contributed by atoms with van der Waals surface area (Å²) < 4.78 is 0. The molecule has 0 bridgehead atoms. The summed E-state index contributed by atoms with van der Waals surface area (Å²) in [5.41, 5.74) is -0.374. The number of nitro benzene ring substituents is 1. The normalized spacial score (nSPS) is 10.1. The van der Waals surface area contributed by atoms with Gasteiger partial charge in [0.15, 0.2) is 0 Å². The van der Waals surface area contributed by atoms with Gasteiger partial charge in [-0.15, -0.1) is 0 Å². The lowest BCUT2D eigenvalue weighted by molar-refractivity contribution is -0.383. The molecule has 0 saturated carbocycles. The van der Waals surface area contributed by atoms with Crippen molar-refractivity contribution in [1.82, 2.24) is 4.98 Å². The molecule has 20 heavy (non-hydrogen) atoms. The smallest absolute Gasteiger partial charge is 0.339 e. The van der Waals surface area contributed by atoms with Gasteiger partial charge in [0.25, 0.3) is 5.69 Å². The van der Waals surface area contributed by atoms with E-state index in [-0.39, 0.29) is 27.8 Å². The van der Waals surface area contributed by atoms with E-state index in [1.165, 1.54) is 36.5 Å². The van der Waals surface area contributed by atoms with E-state index in [1.54, 1.807) is 0 Å². The van der Waals surface area contributed by atoms with Crippen LogP contribution in [0.15, 0.2) is 36.5 Å². The van der Waals surface area contributed by atoms with Crippen LogP contribution in [0.5, 0.6) is 0 Å². The van der Waals surface area contributed by atoms with Gasteiger partial charge in [-0.1, -0.05) is 17.7 Å². The lowest BCUT2D eigenvalue weighted by Crippen LogP contribution is -2.06. The van der Waals surface area contributed by atoms with Gasteiger partial charge >= 0.3 is 5.97 Å². The van der Waals surface area contributed by atoms with Crippen molar-refractivity contribution in [3.63, 3.8) is 0 Å². The number of rotatable bonds is 4. The number of nitrogens with zero attached hydrogens (tertiary/aromatic N) is 2. The summed E-state index contributed by atoms with van der Waals surface area (Å²) in [5.74, 6) is -1.22. The Kier molecular flexibility index (Phi) is 3.81. The number of hydrogen-bond acceptors (Lipinski definition) is 5. The predicted molar refractivity (Wildman–Crippen MR) is 72.6 cm³/mol. The molecule has 0 saturated heterocycles. The lowest BCUT2D eigenvalue weighted by Gasteiger charge is -2.10. The standard InChI is InChI=1S/C12H8ClN3O4/c13-8-4-1-5-9(16(19)20)10(8)15-11-7(12(17)18)3-2-6-14-11/h1-6H,(H,14,15)(H,17,18). The second kappa shape index (κ2) is 5.54. The second-order valence-corrected chi connectivity index (χ2v) is 4.13. The van der Waals surface area contributed by atoms with E-state index < -0.39 is 10.9 Å². The molecule has 102 valence electrons. The monoisotopic (exact) mass is 293 g/mol. The van der Waals surface area contributed by atoms with Crippen LogP contribution in [-0.4, -0.2) is 21.0 Å². The Labute approximate surface area is 118 Å². The first-order valence-corrected chi connectivity index (χ1v) is 5.76. The second-order valence-electron chi connectivity index (χ2n) is 3.72. The summed E-state index contributed by atoms with van der Waals surface area (Å²) in [6, 6.07) is 6.94. The number of aromatic carboxylic acids is 1. The summed E-state index contributed by atoms with van der Waals surface area (Å²) in [6.45, 7) is 0. The number of halogens is 1. The molecular weight excluding hydrogens is 286 g/mol. The number of carboxylic acid groups (broad SMARTS) is 1. The van der Waals surface area contributed by atoms with Gasteiger partial charge in [-0.05, 0) is 18.2 Å². The summed E-state index contributed by atoms with van der Waals surface area (Å²) in [5, 5.41) is 22.7. The van der Waals surface area contributed by atoms with Crippen LogP contribution >= 0.6 is 11.6 Å². The molecule has 1 heterocycles. The lowest BCUT2D eigenvalue weighted by atomic mass is 10.2. The number of benzene rings is 1. The first-order valence-electron chi connectivity index (χ1n) is 5.39. The average molecular weight is 294 g/mol. The van der Waals surface area contributed by atoms with Crippen molar-refractivity contribution in [2.24, 2.45) is 0 Å². The molecule has 0 aliphatic heterocycles. The fourth-order valence-electron chi connectivity index (χ4n) is 1.58. The number of para-hydroxylation sites is 1. The summed E-state index contributed by atoms with van der Waals surface area (Å²) in [7, 11) is 0. The Morgan fingerprint density at radius 1 is 1.35 bits per heavy atom. The Hall–Kier alpha value is -2.67. The summed E-state index contributed by atoms with van der Waals surface area (Å²) in [6.07, 6.45) is 1.37. The number of hydrogen-bond donors (Lipinski definition) is 2. The predicted octanol–water partition coefficient (Wildman–Crippen LogP) is 3.09. The molecule has 1 aromatic heterocycles. The van der Waals surface area contributed by atoms with Crippen molar-refractivity contribution in [1.29, 1.82) is 0 Å². The first-order chi connectivity index (χ1) is 9.50. The van der Waals surface area contributed by atoms with E-state index in [0.29, 0.717) is 0 Å². The SMILES string of the molecule is O=C(O)c1cccnc1Nc1c(Cl)cccc1[N+](=O)[O-]. The number of pyridine rings is 1. The van der Waals surface area contributed by atoms with Gasteiger partial charge in [0.1, 0.15) is 17.1 Å². The summed E-state index contributed by atoms with van der Waals surface area (Å²) >= 11 is 5.91. The van der Waals surface area contributed by atoms with Gasteiger partial charge in [-0.25, -0.2) is 9.78 Å². The highest BCUT2D eigenvalue weighted by Crippen LogP contribution is 2.34. The van der Waals surface area contributed by atoms with Crippen molar-refractivity contribution in [3.05, 3.63) is 57.2 Å². The van der Waals surface area contributed by atoms with Crippen LogP contribution in [0.25, 0.3) is 0 Å². The fourth-order valence-corrected chi connectivity index (χ4v) is 1.80. The highest BCUT2D eigenvalue weighted by molar-refractivity contribution is 6.34. The molecule has 0 atom stereocenters. The van der Waals surface area contributed by atoms with Gasteiger partial charge in [-0.2, -0.15) is 0 Å². The molecule has 0 aliphatic carbocycles. The zero-order valence-electron chi connectivity index (χ0n) is 9.91. The van der Waals surface area contributed by atoms with Gasteiger partial charge in [0.2, 0.25) is 0 Å². The number of carbonyl (C=O) groups is 1. The largest absolute Gasteiger partial charge is 0.478 e. The molecule has 1 aromatic carbocycles. The number of nitrogens with one attached hydrogen (secondary N) is 1. The van der Waals surface area contributed by atoms with Crippen molar-refractivity contribution in [2.75, 3.05) is 5.32 Å². The van der Waals surface area contributed by atoms with Crippen LogP contribution in [0, 0.1) is 10.1 Å². The van der Waals surface area contributed by atoms with E-state index in [1.807, 2.05) is 0 Å². The molecule has 2 N–H and O–H groups in total. The maximum absolute atomic E-state index is 11.1. The number of aromatic nitrogens is 1. The average Bonchev–Trinajstić information content (AvgIpc) is 2.41. The van der Waals surface area contributed by atoms with Crippen LogP contribution in [-0.2, 0) is 0 Å². The third-order valence-electron chi connectivity index (χ3n) is 2.47. The van der Waals surface area contributed by atoms with Crippen molar-refractivity contribution in [2.45, 2.75) is 0 Å². The minimum atomic E-state index is -1.20. The van der Waals surface area contributed by atoms with Gasteiger partial charge in [0.05, 0.1) is 9.95 Å². The Balaban J connectivity index is 2.51. The molecular formula is C12H8ClN3O4. The van der Waals surface area contributed by atoms with E-state index in [2.05, 4.69) is 10.3 Å². The van der Waals surface area contributed by atoms with Gasteiger partial charge < -0.3 is 10.4 Å². The highest BCUT2D eigenvalue weighted by atomic mass is 35.5. The van der Waals surface area contributed by atoms with Gasteiger partial charge in [0, 0.05) is 12.3 Å². The zero-order valence-corrected chi connectivity index (χ0v) is 10.7. The fraction of sp³-hybridized carbons (Fsp3) is 0. The van der Waals surface area contributed by atoms with Crippen LogP contribution in [0.1, 0.15) is 10.4 Å². The molecule has 0 radical (unpaired) electrons. The number of nitro groups is 1. The molecule has 7 nitrogen and oxygen atoms in total. The van der Waals surface area contributed by atoms with Gasteiger partial charge in [-0.3, -0.25) is 10.1 Å². The molecule has 0 amide bonds. The molecule has 0 spiro atoms. The maximum Gasteiger partial charge on any atom is 0.339 e. The van der Waals surface area contributed by atoms with Crippen LogP contribution in [0.4, 0.5) is 17.2 Å². The minimum Gasteiger partial charge on any atom is -0.478 e. The zero-order chi connectivity index (χ0) is 14.7. The maximum atomic E-state index is 11.1. The topological polar surface area (TPSA) is 105 Å². The molecule has 0 aliphatic rings. The van der Waals surface area contributed by atoms with Crippen molar-refractivity contribution in [3.8, 4) is 0 Å². The van der Waals surface area contributed by atoms with Crippen molar-refractivity contribution < 1.29 is 14.8 Å². The third kappa shape index (κ3) is 2.67. The minimum absolute atomic E-state index is 0.000340. The Bertz CT molecular complexity index is 690. The summed E-state index contributed by atoms with van der Waals surface area (Å²) in [4.78, 5) is 25.3. The Morgan fingerprint density at radius 3 is 2.75 bits per heavy atom. The molecule has 0 unspecified atom stereocenters. The molecule has 8 heteroatoms. The van der Waals surface area contributed by atoms with Crippen LogP contribution in [0.2, 0.25) is 5.02 Å². The molecule has 2 aromatic rings. The Morgan fingerprint density at radius 2 is 2.10 bits per heavy atom. The first kappa shape index (κ1) is 13.8.